The lowest BCUT2D eigenvalue weighted by atomic mass is 10.2. The zero-order valence-electron chi connectivity index (χ0n) is 10.5. The average Bonchev–Trinajstić information content (AvgIpc) is 2.89. The molecule has 0 radical (unpaired) electrons. The maximum Gasteiger partial charge on any atom is 0.270 e. The molecule has 0 saturated heterocycles. The van der Waals surface area contributed by atoms with Gasteiger partial charge in [-0.15, -0.1) is 10.2 Å². The summed E-state index contributed by atoms with van der Waals surface area (Å²) in [4.78, 5) is 10.3. The van der Waals surface area contributed by atoms with Crippen molar-refractivity contribution in [1.29, 1.82) is 0 Å². The number of hydrogen-bond acceptors (Lipinski definition) is 7. The van der Waals surface area contributed by atoms with E-state index in [1.165, 1.54) is 24.3 Å². The van der Waals surface area contributed by atoms with Crippen LogP contribution in [-0.2, 0) is 0 Å². The van der Waals surface area contributed by atoms with E-state index in [0.29, 0.717) is 21.6 Å². The Bertz CT molecular complexity index is 842. The summed E-state index contributed by atoms with van der Waals surface area (Å²) in [5.74, 6) is 0.146. The summed E-state index contributed by atoms with van der Waals surface area (Å²) in [6.07, 6.45) is 0. The van der Waals surface area contributed by atoms with Crippen LogP contribution in [0.2, 0.25) is 0 Å². The third-order valence-electron chi connectivity index (χ3n) is 2.76. The van der Waals surface area contributed by atoms with Crippen LogP contribution in [0.25, 0.3) is 10.9 Å². The number of rotatable bonds is 3. The van der Waals surface area contributed by atoms with Crippen molar-refractivity contribution < 1.29 is 10.0 Å². The molecule has 7 nitrogen and oxygen atoms in total. The zero-order chi connectivity index (χ0) is 14.8. The molecule has 1 heterocycles. The van der Waals surface area contributed by atoms with E-state index >= 15 is 0 Å². The van der Waals surface area contributed by atoms with Crippen molar-refractivity contribution in [3.05, 3.63) is 52.6 Å². The molecule has 0 fully saturated rings. The first-order valence-corrected chi connectivity index (χ1v) is 6.65. The number of phenolic OH excluding ortho intramolecular Hbond substituents is 1. The summed E-state index contributed by atoms with van der Waals surface area (Å²) >= 11 is 1.12. The molecule has 21 heavy (non-hydrogen) atoms. The molecule has 0 aliphatic carbocycles. The number of benzene rings is 2. The molecule has 3 rings (SSSR count). The van der Waals surface area contributed by atoms with Gasteiger partial charge in [0.25, 0.3) is 5.69 Å². The van der Waals surface area contributed by atoms with Crippen molar-refractivity contribution in [2.24, 2.45) is 10.2 Å². The van der Waals surface area contributed by atoms with Crippen molar-refractivity contribution in [2.75, 3.05) is 0 Å². The fourth-order valence-electron chi connectivity index (χ4n) is 1.72. The highest BCUT2D eigenvalue weighted by Crippen LogP contribution is 2.34. The number of phenols is 1. The highest BCUT2D eigenvalue weighted by Gasteiger charge is 2.11. The van der Waals surface area contributed by atoms with Crippen LogP contribution in [-0.4, -0.2) is 14.4 Å². The van der Waals surface area contributed by atoms with Crippen molar-refractivity contribution in [3.63, 3.8) is 0 Å². The fraction of sp³-hybridized carbons (Fsp3) is 0. The molecular formula is C13H8N4O3S. The molecule has 3 aromatic rings. The van der Waals surface area contributed by atoms with Gasteiger partial charge >= 0.3 is 0 Å². The fourth-order valence-corrected chi connectivity index (χ4v) is 2.41. The Morgan fingerprint density at radius 1 is 1.14 bits per heavy atom. The Hall–Kier alpha value is -2.87. The Labute approximate surface area is 122 Å². The maximum atomic E-state index is 10.8. The smallest absolute Gasteiger partial charge is 0.270 e. The van der Waals surface area contributed by atoms with Crippen LogP contribution in [0.4, 0.5) is 16.4 Å². The van der Waals surface area contributed by atoms with Crippen molar-refractivity contribution in [2.45, 2.75) is 0 Å². The van der Waals surface area contributed by atoms with E-state index in [9.17, 15) is 15.2 Å². The lowest BCUT2D eigenvalue weighted by molar-refractivity contribution is -0.384. The topological polar surface area (TPSA) is 101 Å². The quantitative estimate of drug-likeness (QED) is 0.442. The van der Waals surface area contributed by atoms with E-state index in [4.69, 9.17) is 0 Å². The predicted molar refractivity (Wildman–Crippen MR) is 78.6 cm³/mol. The third kappa shape index (κ3) is 2.70. The van der Waals surface area contributed by atoms with Gasteiger partial charge in [0.2, 0.25) is 0 Å². The van der Waals surface area contributed by atoms with E-state index in [1.807, 2.05) is 0 Å². The van der Waals surface area contributed by atoms with Crippen molar-refractivity contribution >= 4 is 38.8 Å². The van der Waals surface area contributed by atoms with E-state index in [2.05, 4.69) is 14.6 Å². The highest BCUT2D eigenvalue weighted by atomic mass is 32.1. The molecule has 0 amide bonds. The first kappa shape index (κ1) is 13.1. The summed E-state index contributed by atoms with van der Waals surface area (Å²) in [5, 5.41) is 29.2. The summed E-state index contributed by atoms with van der Waals surface area (Å²) in [6.45, 7) is 0. The standard InChI is InChI=1S/C13H8N4O3S/c18-10-4-1-8(2-5-10)14-15-13-11-7-9(17(19)20)3-6-12(11)16-21-13/h1-7,18H. The largest absolute Gasteiger partial charge is 0.508 e. The number of nitro groups is 1. The van der Waals surface area contributed by atoms with Gasteiger partial charge in [0.1, 0.15) is 5.75 Å². The molecule has 0 saturated carbocycles. The minimum atomic E-state index is -0.460. The van der Waals surface area contributed by atoms with Gasteiger partial charge < -0.3 is 5.11 Å². The van der Waals surface area contributed by atoms with Crippen molar-refractivity contribution in [1.82, 2.24) is 4.37 Å². The van der Waals surface area contributed by atoms with Crippen LogP contribution in [0.5, 0.6) is 5.75 Å². The predicted octanol–water partition coefficient (Wildman–Crippen LogP) is 4.33. The average molecular weight is 300 g/mol. The molecule has 0 unspecified atom stereocenters. The maximum absolute atomic E-state index is 10.8. The van der Waals surface area contributed by atoms with E-state index in [-0.39, 0.29) is 11.4 Å². The van der Waals surface area contributed by atoms with Crippen LogP contribution in [0.1, 0.15) is 0 Å². The lowest BCUT2D eigenvalue weighted by Crippen LogP contribution is -1.86. The number of hydrogen-bond donors (Lipinski definition) is 1. The minimum Gasteiger partial charge on any atom is -0.508 e. The molecule has 1 aromatic heterocycles. The number of fused-ring (bicyclic) bond motifs is 1. The van der Waals surface area contributed by atoms with Gasteiger partial charge in [0.15, 0.2) is 5.00 Å². The van der Waals surface area contributed by atoms with E-state index in [1.54, 1.807) is 18.2 Å². The van der Waals surface area contributed by atoms with Crippen LogP contribution in [0.15, 0.2) is 52.7 Å². The van der Waals surface area contributed by atoms with Gasteiger partial charge in [0.05, 0.1) is 16.1 Å². The van der Waals surface area contributed by atoms with Gasteiger partial charge in [-0.3, -0.25) is 10.1 Å². The lowest BCUT2D eigenvalue weighted by Gasteiger charge is -1.93. The van der Waals surface area contributed by atoms with E-state index in [0.717, 1.165) is 11.5 Å². The SMILES string of the molecule is O=[N+]([O-])c1ccc2nsc(N=Nc3ccc(O)cc3)c2c1. The summed E-state index contributed by atoms with van der Waals surface area (Å²) in [5.41, 5.74) is 1.20. The molecule has 0 aliphatic rings. The molecular weight excluding hydrogens is 292 g/mol. The number of aromatic nitrogens is 1. The van der Waals surface area contributed by atoms with Gasteiger partial charge in [-0.2, -0.15) is 4.37 Å². The van der Waals surface area contributed by atoms with Gasteiger partial charge in [-0.25, -0.2) is 0 Å². The molecule has 104 valence electrons. The number of aromatic hydroxyl groups is 1. The number of non-ortho nitro benzene ring substituents is 1. The molecule has 1 N–H and O–H groups in total. The monoisotopic (exact) mass is 300 g/mol. The second-order valence-electron chi connectivity index (χ2n) is 4.16. The molecule has 8 heteroatoms. The Morgan fingerprint density at radius 2 is 1.90 bits per heavy atom. The first-order valence-electron chi connectivity index (χ1n) is 5.88. The van der Waals surface area contributed by atoms with Crippen molar-refractivity contribution in [3.8, 4) is 5.75 Å². The van der Waals surface area contributed by atoms with Gasteiger partial charge in [-0.05, 0) is 41.9 Å². The summed E-state index contributed by atoms with van der Waals surface area (Å²) in [7, 11) is 0. The Kier molecular flexibility index (Phi) is 3.28. The number of nitrogens with zero attached hydrogens (tertiary/aromatic N) is 4. The molecule has 2 aromatic carbocycles. The second kappa shape index (κ2) is 5.25. The highest BCUT2D eigenvalue weighted by molar-refractivity contribution is 7.11. The zero-order valence-corrected chi connectivity index (χ0v) is 11.3. The number of azo groups is 1. The Morgan fingerprint density at radius 3 is 2.62 bits per heavy atom. The first-order chi connectivity index (χ1) is 10.1. The van der Waals surface area contributed by atoms with Crippen LogP contribution >= 0.6 is 11.5 Å². The van der Waals surface area contributed by atoms with Gasteiger partial charge in [-0.1, -0.05) is 0 Å². The minimum absolute atomic E-state index is 0.0104. The molecule has 0 bridgehead atoms. The molecule has 0 atom stereocenters. The van der Waals surface area contributed by atoms with E-state index < -0.39 is 4.92 Å². The summed E-state index contributed by atoms with van der Waals surface area (Å²) < 4.78 is 4.17. The normalized spacial score (nSPS) is 11.2. The molecule has 0 spiro atoms. The van der Waals surface area contributed by atoms with Gasteiger partial charge in [0, 0.05) is 17.5 Å². The van der Waals surface area contributed by atoms with Crippen LogP contribution in [0.3, 0.4) is 0 Å². The third-order valence-corrected chi connectivity index (χ3v) is 3.52. The Balaban J connectivity index is 1.98. The van der Waals surface area contributed by atoms with Crippen LogP contribution < -0.4 is 0 Å². The summed E-state index contributed by atoms with van der Waals surface area (Å²) in [6, 6.07) is 10.7. The second-order valence-corrected chi connectivity index (χ2v) is 4.91. The molecule has 0 aliphatic heterocycles. The van der Waals surface area contributed by atoms with Crippen LogP contribution in [0, 0.1) is 10.1 Å². The number of nitro benzene ring substituents is 1.